The van der Waals surface area contributed by atoms with Crippen LogP contribution in [0.15, 0.2) is 0 Å². The maximum atomic E-state index is 11.2. The normalized spacial score (nSPS) is 10.2. The van der Waals surface area contributed by atoms with Gasteiger partial charge in [-0.3, -0.25) is 4.84 Å². The van der Waals surface area contributed by atoms with Crippen LogP contribution in [0, 0.1) is 0 Å². The van der Waals surface area contributed by atoms with E-state index in [9.17, 15) is 9.59 Å². The number of carboxylic acid groups (broad SMARTS) is 1. The van der Waals surface area contributed by atoms with E-state index < -0.39 is 18.6 Å². The van der Waals surface area contributed by atoms with Crippen molar-refractivity contribution in [2.45, 2.75) is 20.0 Å². The maximum Gasteiger partial charge on any atom is 0.341 e. The number of nitrogens with one attached hydrogen (secondary N) is 1. The lowest BCUT2D eigenvalue weighted by atomic mass is 10.5. The van der Waals surface area contributed by atoms with Gasteiger partial charge < -0.3 is 14.7 Å². The predicted molar refractivity (Wildman–Crippen MR) is 55.8 cm³/mol. The van der Waals surface area contributed by atoms with E-state index in [-0.39, 0.29) is 6.10 Å². The number of carbonyl (C=O) groups is 2. The van der Waals surface area contributed by atoms with E-state index in [0.29, 0.717) is 13.2 Å². The number of urea groups is 1. The molecule has 0 heterocycles. The third-order valence-electron chi connectivity index (χ3n) is 1.58. The third-order valence-corrected chi connectivity index (χ3v) is 1.58. The minimum atomic E-state index is -1.15. The van der Waals surface area contributed by atoms with Crippen molar-refractivity contribution in [2.24, 2.45) is 0 Å². The fourth-order valence-corrected chi connectivity index (χ4v) is 0.764. The van der Waals surface area contributed by atoms with Crippen molar-refractivity contribution in [3.05, 3.63) is 0 Å². The molecule has 16 heavy (non-hydrogen) atoms. The van der Waals surface area contributed by atoms with Crippen LogP contribution >= 0.6 is 0 Å². The lowest BCUT2D eigenvalue weighted by molar-refractivity contribution is -0.144. The Kier molecular flexibility index (Phi) is 7.23. The average molecular weight is 234 g/mol. The highest BCUT2D eigenvalue weighted by Gasteiger charge is 2.08. The summed E-state index contributed by atoms with van der Waals surface area (Å²) in [7, 11) is 1.56. The van der Waals surface area contributed by atoms with Crippen molar-refractivity contribution in [3.8, 4) is 0 Å². The highest BCUT2D eigenvalue weighted by atomic mass is 16.7. The molecule has 0 aliphatic rings. The number of aliphatic carboxylic acids is 1. The van der Waals surface area contributed by atoms with Gasteiger partial charge in [0.2, 0.25) is 0 Å². The van der Waals surface area contributed by atoms with Crippen LogP contribution in [-0.4, -0.2) is 54.9 Å². The first-order chi connectivity index (χ1) is 7.43. The summed E-state index contributed by atoms with van der Waals surface area (Å²) in [5.74, 6) is -1.15. The zero-order chi connectivity index (χ0) is 12.6. The third kappa shape index (κ3) is 8.01. The van der Waals surface area contributed by atoms with Gasteiger partial charge in [-0.15, -0.1) is 0 Å². The molecule has 0 aliphatic carbocycles. The highest BCUT2D eigenvalue weighted by molar-refractivity contribution is 5.73. The van der Waals surface area contributed by atoms with Crippen LogP contribution in [0.4, 0.5) is 4.79 Å². The summed E-state index contributed by atoms with van der Waals surface area (Å²) in [6.07, 6.45) is 0.111. The van der Waals surface area contributed by atoms with E-state index in [0.717, 1.165) is 0 Å². The molecule has 0 unspecified atom stereocenters. The number of likely N-dealkylation sites (N-methyl/N-ethyl adjacent to an activating group) is 1. The average Bonchev–Trinajstić information content (AvgIpc) is 2.16. The molecule has 0 bridgehead atoms. The van der Waals surface area contributed by atoms with Crippen LogP contribution in [-0.2, 0) is 14.4 Å². The number of amides is 2. The molecule has 0 saturated heterocycles. The number of ether oxygens (including phenoxy) is 1. The summed E-state index contributed by atoms with van der Waals surface area (Å²) < 4.78 is 5.25. The Morgan fingerprint density at radius 1 is 1.44 bits per heavy atom. The van der Waals surface area contributed by atoms with Crippen molar-refractivity contribution in [3.63, 3.8) is 0 Å². The Morgan fingerprint density at radius 3 is 2.56 bits per heavy atom. The van der Waals surface area contributed by atoms with Crippen LogP contribution in [0.3, 0.4) is 0 Å². The van der Waals surface area contributed by atoms with Crippen molar-refractivity contribution < 1.29 is 24.3 Å². The van der Waals surface area contributed by atoms with E-state index in [1.54, 1.807) is 7.05 Å². The quantitative estimate of drug-likeness (QED) is 0.608. The predicted octanol–water partition coefficient (Wildman–Crippen LogP) is 0.0690. The van der Waals surface area contributed by atoms with Crippen LogP contribution in [0.2, 0.25) is 0 Å². The van der Waals surface area contributed by atoms with Gasteiger partial charge in [0, 0.05) is 13.6 Å². The number of nitrogens with zero attached hydrogens (tertiary/aromatic N) is 1. The standard InChI is InChI=1S/C9H18N2O5/c1-7(2)15-5-4-11(3)9(14)10-16-6-8(12)13/h7H,4-6H2,1-3H3,(H,10,14)(H,12,13). The number of rotatable bonds is 7. The first-order valence-electron chi connectivity index (χ1n) is 4.89. The zero-order valence-electron chi connectivity index (χ0n) is 9.73. The van der Waals surface area contributed by atoms with Gasteiger partial charge in [-0.1, -0.05) is 0 Å². The molecule has 2 amide bonds. The van der Waals surface area contributed by atoms with Crippen LogP contribution in [0.25, 0.3) is 0 Å². The number of hydroxylamine groups is 1. The van der Waals surface area contributed by atoms with Crippen LogP contribution in [0.5, 0.6) is 0 Å². The molecular formula is C9H18N2O5. The highest BCUT2D eigenvalue weighted by Crippen LogP contribution is 1.90. The Hall–Kier alpha value is -1.34. The van der Waals surface area contributed by atoms with E-state index in [1.165, 1.54) is 4.90 Å². The minimum absolute atomic E-state index is 0.111. The molecule has 94 valence electrons. The van der Waals surface area contributed by atoms with Crippen molar-refractivity contribution in [1.82, 2.24) is 10.4 Å². The van der Waals surface area contributed by atoms with Gasteiger partial charge in [-0.05, 0) is 13.8 Å². The summed E-state index contributed by atoms with van der Waals surface area (Å²) in [5.41, 5.74) is 2.00. The fraction of sp³-hybridized carbons (Fsp3) is 0.778. The van der Waals surface area contributed by atoms with E-state index >= 15 is 0 Å². The smallest absolute Gasteiger partial charge is 0.341 e. The van der Waals surface area contributed by atoms with Gasteiger partial charge in [0.1, 0.15) is 0 Å². The molecule has 0 aromatic rings. The van der Waals surface area contributed by atoms with Crippen LogP contribution in [0.1, 0.15) is 13.8 Å². The minimum Gasteiger partial charge on any atom is -0.479 e. The molecule has 0 aromatic carbocycles. The molecule has 0 saturated carbocycles. The lowest BCUT2D eigenvalue weighted by Gasteiger charge is -2.18. The summed E-state index contributed by atoms with van der Waals surface area (Å²) >= 11 is 0. The lowest BCUT2D eigenvalue weighted by Crippen LogP contribution is -2.40. The Labute approximate surface area is 94.3 Å². The molecule has 0 aromatic heterocycles. The van der Waals surface area contributed by atoms with Gasteiger partial charge >= 0.3 is 12.0 Å². The molecule has 7 heteroatoms. The van der Waals surface area contributed by atoms with Gasteiger partial charge in [0.05, 0.1) is 12.7 Å². The Balaban J connectivity index is 3.61. The summed E-state index contributed by atoms with van der Waals surface area (Å²) in [5, 5.41) is 8.26. The van der Waals surface area contributed by atoms with Crippen molar-refractivity contribution in [2.75, 3.05) is 26.8 Å². The molecule has 0 radical (unpaired) electrons. The number of carboxylic acids is 1. The Morgan fingerprint density at radius 2 is 2.06 bits per heavy atom. The molecular weight excluding hydrogens is 216 g/mol. The van der Waals surface area contributed by atoms with Crippen LogP contribution < -0.4 is 5.48 Å². The molecule has 0 rings (SSSR count). The monoisotopic (exact) mass is 234 g/mol. The maximum absolute atomic E-state index is 11.2. The molecule has 2 N–H and O–H groups in total. The topological polar surface area (TPSA) is 88.1 Å². The second-order valence-electron chi connectivity index (χ2n) is 3.43. The number of carbonyl (C=O) groups excluding carboxylic acids is 1. The summed E-state index contributed by atoms with van der Waals surface area (Å²) in [4.78, 5) is 27.1. The first-order valence-corrected chi connectivity index (χ1v) is 4.89. The molecule has 0 atom stereocenters. The zero-order valence-corrected chi connectivity index (χ0v) is 9.73. The van der Waals surface area contributed by atoms with E-state index in [1.807, 2.05) is 19.3 Å². The van der Waals surface area contributed by atoms with Crippen molar-refractivity contribution in [1.29, 1.82) is 0 Å². The summed E-state index contributed by atoms with van der Waals surface area (Å²) in [6.45, 7) is 4.05. The second kappa shape index (κ2) is 7.89. The fourth-order valence-electron chi connectivity index (χ4n) is 0.764. The van der Waals surface area contributed by atoms with E-state index in [4.69, 9.17) is 9.84 Å². The number of hydrogen-bond donors (Lipinski definition) is 2. The summed E-state index contributed by atoms with van der Waals surface area (Å²) in [6, 6.07) is -0.506. The molecule has 0 aliphatic heterocycles. The Bertz CT molecular complexity index is 232. The number of hydrogen-bond acceptors (Lipinski definition) is 4. The van der Waals surface area contributed by atoms with E-state index in [2.05, 4.69) is 4.84 Å². The van der Waals surface area contributed by atoms with Crippen molar-refractivity contribution >= 4 is 12.0 Å². The molecule has 0 fully saturated rings. The first kappa shape index (κ1) is 14.7. The molecule has 7 nitrogen and oxygen atoms in total. The second-order valence-corrected chi connectivity index (χ2v) is 3.43. The van der Waals surface area contributed by atoms with Gasteiger partial charge in [-0.2, -0.15) is 0 Å². The SMILES string of the molecule is CC(C)OCCN(C)C(=O)NOCC(=O)O. The molecule has 0 spiro atoms. The van der Waals surface area contributed by atoms with Gasteiger partial charge in [0.25, 0.3) is 0 Å². The van der Waals surface area contributed by atoms with Gasteiger partial charge in [-0.25, -0.2) is 15.1 Å². The van der Waals surface area contributed by atoms with Gasteiger partial charge in [0.15, 0.2) is 6.61 Å². The largest absolute Gasteiger partial charge is 0.479 e.